The van der Waals surface area contributed by atoms with E-state index in [1.807, 2.05) is 18.2 Å². The number of amides is 1. The molecule has 4 N–H and O–H groups in total. The predicted octanol–water partition coefficient (Wildman–Crippen LogP) is 2.05. The van der Waals surface area contributed by atoms with E-state index in [0.29, 0.717) is 31.1 Å². The molecule has 1 aliphatic carbocycles. The van der Waals surface area contributed by atoms with Crippen molar-refractivity contribution >= 4 is 11.9 Å². The largest absolute Gasteiger partial charge is 0.491 e. The van der Waals surface area contributed by atoms with Gasteiger partial charge in [-0.1, -0.05) is 39.3 Å². The van der Waals surface area contributed by atoms with Crippen LogP contribution in [0.1, 0.15) is 45.6 Å². The summed E-state index contributed by atoms with van der Waals surface area (Å²) in [4.78, 5) is 24.2. The van der Waals surface area contributed by atoms with Crippen LogP contribution >= 0.6 is 0 Å². The predicted molar refractivity (Wildman–Crippen MR) is 115 cm³/mol. The van der Waals surface area contributed by atoms with Crippen molar-refractivity contribution in [1.29, 1.82) is 0 Å². The lowest BCUT2D eigenvalue weighted by Gasteiger charge is -2.43. The average Bonchev–Trinajstić information content (AvgIpc) is 2.71. The summed E-state index contributed by atoms with van der Waals surface area (Å²) in [6.07, 6.45) is 3.02. The number of rotatable bonds is 9. The van der Waals surface area contributed by atoms with Gasteiger partial charge in [0.2, 0.25) is 0 Å². The van der Waals surface area contributed by atoms with Crippen LogP contribution in [0.3, 0.4) is 0 Å². The molecule has 4 atom stereocenters. The van der Waals surface area contributed by atoms with E-state index < -0.39 is 17.6 Å². The lowest BCUT2D eigenvalue weighted by molar-refractivity contribution is -0.155. The number of hydrogen-bond acceptors (Lipinski definition) is 6. The minimum Gasteiger partial charge on any atom is -0.491 e. The fraction of sp³-hybridized carbons (Fsp3) is 0.652. The lowest BCUT2D eigenvalue weighted by atomic mass is 9.66. The van der Waals surface area contributed by atoms with E-state index in [1.165, 1.54) is 7.11 Å². The van der Waals surface area contributed by atoms with Crippen molar-refractivity contribution < 1.29 is 24.2 Å². The second kappa shape index (κ2) is 10.8. The summed E-state index contributed by atoms with van der Waals surface area (Å²) in [6, 6.07) is 6.58. The van der Waals surface area contributed by atoms with Crippen LogP contribution in [0.5, 0.6) is 5.75 Å². The average molecular weight is 421 g/mol. The molecule has 0 aliphatic heterocycles. The normalized spacial score (nSPS) is 24.9. The quantitative estimate of drug-likeness (QED) is 0.527. The first-order valence-corrected chi connectivity index (χ1v) is 10.7. The highest BCUT2D eigenvalue weighted by Crippen LogP contribution is 2.41. The number of benzene rings is 1. The molecule has 1 aromatic carbocycles. The van der Waals surface area contributed by atoms with Crippen LogP contribution in [0, 0.1) is 17.8 Å². The number of hydrogen-bond donors (Lipinski definition) is 3. The Bertz CT molecular complexity index is 723. The summed E-state index contributed by atoms with van der Waals surface area (Å²) in [5, 5.41) is 14.1. The summed E-state index contributed by atoms with van der Waals surface area (Å²) in [7, 11) is 1.28. The molecule has 1 saturated carbocycles. The van der Waals surface area contributed by atoms with E-state index in [2.05, 4.69) is 30.8 Å². The van der Waals surface area contributed by atoms with Crippen molar-refractivity contribution in [3.05, 3.63) is 29.8 Å². The number of ether oxygens (including phenoxy) is 2. The zero-order valence-corrected chi connectivity index (χ0v) is 18.5. The molecule has 168 valence electrons. The maximum Gasteiger partial charge on any atom is 0.326 e. The Morgan fingerprint density at radius 1 is 1.33 bits per heavy atom. The van der Waals surface area contributed by atoms with Crippen LogP contribution < -0.4 is 15.8 Å². The molecule has 0 saturated heterocycles. The van der Waals surface area contributed by atoms with E-state index >= 15 is 0 Å². The molecule has 1 amide bonds. The van der Waals surface area contributed by atoms with Gasteiger partial charge in [0.25, 0.3) is 5.91 Å². The van der Waals surface area contributed by atoms with Gasteiger partial charge in [-0.2, -0.15) is 0 Å². The summed E-state index contributed by atoms with van der Waals surface area (Å²) >= 11 is 0. The Morgan fingerprint density at radius 3 is 2.73 bits per heavy atom. The highest BCUT2D eigenvalue weighted by atomic mass is 16.5. The third-order valence-electron chi connectivity index (χ3n) is 5.97. The molecule has 0 radical (unpaired) electrons. The van der Waals surface area contributed by atoms with E-state index in [-0.39, 0.29) is 24.3 Å². The van der Waals surface area contributed by atoms with Gasteiger partial charge in [0, 0.05) is 6.54 Å². The molecular weight excluding hydrogens is 384 g/mol. The topological polar surface area (TPSA) is 111 Å². The van der Waals surface area contributed by atoms with Gasteiger partial charge in [-0.15, -0.1) is 0 Å². The molecule has 30 heavy (non-hydrogen) atoms. The number of nitrogens with one attached hydrogen (secondary N) is 1. The molecule has 0 bridgehead atoms. The first-order valence-electron chi connectivity index (χ1n) is 10.7. The van der Waals surface area contributed by atoms with Gasteiger partial charge in [0.15, 0.2) is 0 Å². The molecule has 0 heterocycles. The van der Waals surface area contributed by atoms with Crippen LogP contribution in [0.25, 0.3) is 0 Å². The highest BCUT2D eigenvalue weighted by molar-refractivity contribution is 5.85. The van der Waals surface area contributed by atoms with E-state index in [4.69, 9.17) is 10.5 Å². The number of aliphatic hydroxyl groups is 1. The minimum absolute atomic E-state index is 0.0225. The van der Waals surface area contributed by atoms with Gasteiger partial charge < -0.3 is 25.6 Å². The third kappa shape index (κ3) is 6.19. The van der Waals surface area contributed by atoms with Gasteiger partial charge in [0.05, 0.1) is 7.11 Å². The molecule has 1 aliphatic rings. The summed E-state index contributed by atoms with van der Waals surface area (Å²) in [5.74, 6) is 0.356. The van der Waals surface area contributed by atoms with E-state index in [0.717, 1.165) is 18.4 Å². The molecule has 1 aromatic rings. The van der Waals surface area contributed by atoms with Gasteiger partial charge in [-0.05, 0) is 54.7 Å². The molecule has 0 aromatic heterocycles. The summed E-state index contributed by atoms with van der Waals surface area (Å²) in [6.45, 7) is 6.67. The van der Waals surface area contributed by atoms with Gasteiger partial charge in [-0.25, -0.2) is 0 Å². The SMILES string of the molecule is COC(=O)[C@@H](N)COc1cccc(CCNC(=O)[C@]2(O)C[C@H](C)CC[C@H]2C(C)C)c1. The maximum absolute atomic E-state index is 12.9. The summed E-state index contributed by atoms with van der Waals surface area (Å²) < 4.78 is 10.2. The number of carbonyl (C=O) groups excluding carboxylic acids is 2. The van der Waals surface area contributed by atoms with Crippen LogP contribution in [-0.2, 0) is 20.7 Å². The molecular formula is C23H36N2O5. The second-order valence-electron chi connectivity index (χ2n) is 8.76. The number of nitrogens with two attached hydrogens (primary N) is 1. The van der Waals surface area contributed by atoms with Crippen LogP contribution in [0.15, 0.2) is 24.3 Å². The Labute approximate surface area is 179 Å². The molecule has 2 rings (SSSR count). The van der Waals surface area contributed by atoms with Crippen LogP contribution in [0.2, 0.25) is 0 Å². The van der Waals surface area contributed by atoms with Gasteiger partial charge >= 0.3 is 5.97 Å². The Balaban J connectivity index is 1.90. The highest BCUT2D eigenvalue weighted by Gasteiger charge is 2.48. The maximum atomic E-state index is 12.9. The lowest BCUT2D eigenvalue weighted by Crippen LogP contribution is -2.56. The van der Waals surface area contributed by atoms with E-state index in [9.17, 15) is 14.7 Å². The monoisotopic (exact) mass is 420 g/mol. The molecule has 1 fully saturated rings. The van der Waals surface area contributed by atoms with Crippen molar-refractivity contribution in [3.8, 4) is 5.75 Å². The van der Waals surface area contributed by atoms with E-state index in [1.54, 1.807) is 6.07 Å². The zero-order chi connectivity index (χ0) is 22.3. The Kier molecular flexibility index (Phi) is 8.67. The second-order valence-corrected chi connectivity index (χ2v) is 8.76. The Hall–Kier alpha value is -2.12. The Morgan fingerprint density at radius 2 is 2.07 bits per heavy atom. The first-order chi connectivity index (χ1) is 14.2. The number of methoxy groups -OCH3 is 1. The van der Waals surface area contributed by atoms with Crippen LogP contribution in [-0.4, -0.2) is 48.9 Å². The van der Waals surface area contributed by atoms with Gasteiger partial charge in [0.1, 0.15) is 24.0 Å². The standard InChI is InChI=1S/C23H36N2O5/c1-15(2)19-9-8-16(3)13-23(19,28)22(27)25-11-10-17-6-5-7-18(12-17)30-14-20(24)21(26)29-4/h5-7,12,15-16,19-20,28H,8-11,13-14,24H2,1-4H3,(H,25,27)/t16-,19+,20+,23+/m1/s1. The van der Waals surface area contributed by atoms with Crippen LogP contribution in [0.4, 0.5) is 0 Å². The smallest absolute Gasteiger partial charge is 0.326 e. The van der Waals surface area contributed by atoms with Crippen molar-refractivity contribution in [2.45, 2.75) is 58.1 Å². The van der Waals surface area contributed by atoms with Crippen molar-refractivity contribution in [1.82, 2.24) is 5.32 Å². The molecule has 0 unspecified atom stereocenters. The zero-order valence-electron chi connectivity index (χ0n) is 18.5. The summed E-state index contributed by atoms with van der Waals surface area (Å²) in [5.41, 5.74) is 5.35. The van der Waals surface area contributed by atoms with Crippen molar-refractivity contribution in [2.24, 2.45) is 23.5 Å². The van der Waals surface area contributed by atoms with Crippen molar-refractivity contribution in [3.63, 3.8) is 0 Å². The third-order valence-corrected chi connectivity index (χ3v) is 5.97. The number of carbonyl (C=O) groups is 2. The molecule has 7 heteroatoms. The fourth-order valence-electron chi connectivity index (χ4n) is 4.30. The molecule has 7 nitrogen and oxygen atoms in total. The molecule has 0 spiro atoms. The number of esters is 1. The minimum atomic E-state index is -1.30. The first kappa shape index (κ1) is 24.2. The van der Waals surface area contributed by atoms with Gasteiger partial charge in [-0.3, -0.25) is 9.59 Å². The van der Waals surface area contributed by atoms with Crippen molar-refractivity contribution in [2.75, 3.05) is 20.3 Å². The fourth-order valence-corrected chi connectivity index (χ4v) is 4.30.